The lowest BCUT2D eigenvalue weighted by molar-refractivity contribution is -0.116. The van der Waals surface area contributed by atoms with Gasteiger partial charge in [-0.05, 0) is 43.5 Å². The minimum Gasteiger partial charge on any atom is -0.489 e. The van der Waals surface area contributed by atoms with Crippen LogP contribution in [0, 0.1) is 0 Å². The second kappa shape index (κ2) is 9.90. The van der Waals surface area contributed by atoms with E-state index in [0.717, 1.165) is 41.5 Å². The van der Waals surface area contributed by atoms with E-state index in [2.05, 4.69) is 5.32 Å². The predicted molar refractivity (Wildman–Crippen MR) is 113 cm³/mol. The number of para-hydroxylation sites is 2. The number of hydrogen-bond donors (Lipinski definition) is 1. The van der Waals surface area contributed by atoms with Crippen molar-refractivity contribution < 1.29 is 22.7 Å². The monoisotopic (exact) mass is 458 g/mol. The maximum atomic E-state index is 12.5. The molecule has 1 aliphatic heterocycles. The second-order valence-corrected chi connectivity index (χ2v) is 10.7. The van der Waals surface area contributed by atoms with Crippen LogP contribution in [-0.2, 0) is 19.6 Å². The average Bonchev–Trinajstić information content (AvgIpc) is 3.15. The van der Waals surface area contributed by atoms with Crippen LogP contribution in [0.5, 0.6) is 5.75 Å². The maximum Gasteiger partial charge on any atom is 0.252 e. The molecule has 0 radical (unpaired) electrons. The largest absolute Gasteiger partial charge is 0.489 e. The Morgan fingerprint density at radius 1 is 1.31 bits per heavy atom. The van der Waals surface area contributed by atoms with Crippen LogP contribution in [0.4, 0.5) is 5.69 Å². The molecule has 10 heteroatoms. The van der Waals surface area contributed by atoms with Gasteiger partial charge in [-0.2, -0.15) is 4.31 Å². The molecule has 0 aliphatic carbocycles. The molecule has 1 aromatic heterocycles. The number of nitrogens with one attached hydrogen (secondary N) is 1. The molecule has 7 nitrogen and oxygen atoms in total. The summed E-state index contributed by atoms with van der Waals surface area (Å²) in [4.78, 5) is 12.4. The molecule has 3 rings (SSSR count). The van der Waals surface area contributed by atoms with Crippen LogP contribution < -0.4 is 10.1 Å². The van der Waals surface area contributed by atoms with Crippen molar-refractivity contribution in [2.24, 2.45) is 0 Å². The van der Waals surface area contributed by atoms with Crippen LogP contribution in [0.3, 0.4) is 0 Å². The van der Waals surface area contributed by atoms with E-state index >= 15 is 0 Å². The van der Waals surface area contributed by atoms with E-state index in [1.54, 1.807) is 18.2 Å². The number of likely N-dealkylation sites (N-methyl/N-ethyl adjacent to an activating group) is 1. The molecule has 2 aromatic rings. The van der Waals surface area contributed by atoms with Gasteiger partial charge in [-0.15, -0.1) is 11.3 Å². The molecule has 1 atom stereocenters. The number of halogens is 1. The highest BCUT2D eigenvalue weighted by Gasteiger charge is 2.25. The number of benzene rings is 1. The van der Waals surface area contributed by atoms with Crippen LogP contribution in [0.1, 0.15) is 19.3 Å². The fourth-order valence-corrected chi connectivity index (χ4v) is 5.70. The number of amides is 1. The SMILES string of the molecule is CN(CC(=O)Nc1ccccc1OCC1CCCCO1)S(=O)(=O)c1ccc(Cl)s1. The first-order valence-electron chi connectivity index (χ1n) is 9.21. The number of carbonyl (C=O) groups is 1. The minimum absolute atomic E-state index is 0.0430. The third-order valence-corrected chi connectivity index (χ3v) is 7.94. The molecule has 1 unspecified atom stereocenters. The number of thiophene rings is 1. The van der Waals surface area contributed by atoms with Crippen LogP contribution in [0.25, 0.3) is 0 Å². The van der Waals surface area contributed by atoms with Gasteiger partial charge in [0, 0.05) is 13.7 Å². The van der Waals surface area contributed by atoms with E-state index in [1.807, 2.05) is 6.07 Å². The van der Waals surface area contributed by atoms with Crippen molar-refractivity contribution in [2.45, 2.75) is 29.6 Å². The Hall–Kier alpha value is -1.65. The van der Waals surface area contributed by atoms with E-state index < -0.39 is 15.9 Å². The lowest BCUT2D eigenvalue weighted by Gasteiger charge is -2.23. The van der Waals surface area contributed by atoms with Gasteiger partial charge in [0.1, 0.15) is 16.6 Å². The van der Waals surface area contributed by atoms with Gasteiger partial charge in [-0.25, -0.2) is 8.42 Å². The van der Waals surface area contributed by atoms with Gasteiger partial charge in [-0.3, -0.25) is 4.79 Å². The quantitative estimate of drug-likeness (QED) is 0.653. The van der Waals surface area contributed by atoms with E-state index in [9.17, 15) is 13.2 Å². The first-order chi connectivity index (χ1) is 13.9. The molecule has 0 spiro atoms. The van der Waals surface area contributed by atoms with Gasteiger partial charge >= 0.3 is 0 Å². The summed E-state index contributed by atoms with van der Waals surface area (Å²) in [6.07, 6.45) is 3.17. The lowest BCUT2D eigenvalue weighted by Crippen LogP contribution is -2.34. The number of ether oxygens (including phenoxy) is 2. The topological polar surface area (TPSA) is 84.9 Å². The van der Waals surface area contributed by atoms with E-state index in [0.29, 0.717) is 22.4 Å². The normalized spacial score (nSPS) is 17.3. The molecule has 29 heavy (non-hydrogen) atoms. The number of anilines is 1. The summed E-state index contributed by atoms with van der Waals surface area (Å²) in [5.41, 5.74) is 0.485. The summed E-state index contributed by atoms with van der Waals surface area (Å²) in [6.45, 7) is 0.806. The number of sulfonamides is 1. The highest BCUT2D eigenvalue weighted by molar-refractivity contribution is 7.91. The average molecular weight is 459 g/mol. The predicted octanol–water partition coefficient (Wildman–Crippen LogP) is 3.61. The Bertz CT molecular complexity index is 942. The molecule has 0 saturated carbocycles. The molecule has 1 saturated heterocycles. The summed E-state index contributed by atoms with van der Waals surface area (Å²) in [5, 5.41) is 2.72. The summed E-state index contributed by atoms with van der Waals surface area (Å²) < 4.78 is 38.0. The first-order valence-corrected chi connectivity index (χ1v) is 11.8. The summed E-state index contributed by atoms with van der Waals surface area (Å²) in [7, 11) is -2.43. The summed E-state index contributed by atoms with van der Waals surface area (Å²) in [6, 6.07) is 9.98. The lowest BCUT2D eigenvalue weighted by atomic mass is 10.1. The van der Waals surface area contributed by atoms with Gasteiger partial charge in [0.15, 0.2) is 0 Å². The zero-order valence-corrected chi connectivity index (χ0v) is 18.4. The Morgan fingerprint density at radius 2 is 2.10 bits per heavy atom. The molecule has 1 amide bonds. The van der Waals surface area contributed by atoms with Gasteiger partial charge in [-0.1, -0.05) is 23.7 Å². The van der Waals surface area contributed by atoms with Crippen molar-refractivity contribution >= 4 is 44.6 Å². The molecule has 1 aliphatic rings. The van der Waals surface area contributed by atoms with E-state index in [4.69, 9.17) is 21.1 Å². The van der Waals surface area contributed by atoms with Crippen LogP contribution in [0.2, 0.25) is 4.34 Å². The molecule has 158 valence electrons. The van der Waals surface area contributed by atoms with Crippen molar-refractivity contribution in [3.63, 3.8) is 0 Å². The van der Waals surface area contributed by atoms with Crippen molar-refractivity contribution in [2.75, 3.05) is 32.1 Å². The number of nitrogens with zero attached hydrogens (tertiary/aromatic N) is 1. The number of rotatable bonds is 8. The van der Waals surface area contributed by atoms with Crippen LogP contribution in [0.15, 0.2) is 40.6 Å². The maximum absolute atomic E-state index is 12.5. The second-order valence-electron chi connectivity index (χ2n) is 6.66. The van der Waals surface area contributed by atoms with Crippen LogP contribution in [-0.4, -0.2) is 51.5 Å². The van der Waals surface area contributed by atoms with Crippen molar-refractivity contribution in [3.05, 3.63) is 40.7 Å². The molecule has 0 bridgehead atoms. The molecule has 1 N–H and O–H groups in total. The molecule has 1 aromatic carbocycles. The van der Waals surface area contributed by atoms with Gasteiger partial charge in [0.05, 0.1) is 22.7 Å². The van der Waals surface area contributed by atoms with Crippen molar-refractivity contribution in [1.29, 1.82) is 0 Å². The molecular formula is C19H23ClN2O5S2. The zero-order chi connectivity index (χ0) is 20.9. The third-order valence-electron chi connectivity index (χ3n) is 4.44. The number of hydrogen-bond acceptors (Lipinski definition) is 6. The fourth-order valence-electron chi connectivity index (χ4n) is 2.88. The zero-order valence-electron chi connectivity index (χ0n) is 16.0. The molecule has 2 heterocycles. The Balaban J connectivity index is 1.60. The number of carbonyl (C=O) groups excluding carboxylic acids is 1. The summed E-state index contributed by atoms with van der Waals surface area (Å²) in [5.74, 6) is 0.0502. The highest BCUT2D eigenvalue weighted by atomic mass is 35.5. The smallest absolute Gasteiger partial charge is 0.252 e. The van der Waals surface area contributed by atoms with Crippen molar-refractivity contribution in [3.8, 4) is 5.75 Å². The van der Waals surface area contributed by atoms with Gasteiger partial charge in [0.25, 0.3) is 10.0 Å². The third kappa shape index (κ3) is 5.93. The van der Waals surface area contributed by atoms with Gasteiger partial charge < -0.3 is 14.8 Å². The fraction of sp³-hybridized carbons (Fsp3) is 0.421. The minimum atomic E-state index is -3.78. The highest BCUT2D eigenvalue weighted by Crippen LogP contribution is 2.28. The molecular weight excluding hydrogens is 436 g/mol. The Morgan fingerprint density at radius 3 is 2.79 bits per heavy atom. The molecule has 1 fully saturated rings. The summed E-state index contributed by atoms with van der Waals surface area (Å²) >= 11 is 6.77. The Kier molecular flexibility index (Phi) is 7.53. The Labute approximate surface area is 179 Å². The van der Waals surface area contributed by atoms with Crippen LogP contribution >= 0.6 is 22.9 Å². The van der Waals surface area contributed by atoms with E-state index in [-0.39, 0.29) is 16.9 Å². The standard InChI is InChI=1S/C19H23ClN2O5S2/c1-22(29(24,25)19-10-9-17(20)28-19)12-18(23)21-15-7-2-3-8-16(15)27-13-14-6-4-5-11-26-14/h2-3,7-10,14H,4-6,11-13H2,1H3,(H,21,23). The first kappa shape index (κ1) is 22.0. The van der Waals surface area contributed by atoms with Gasteiger partial charge in [0.2, 0.25) is 5.91 Å². The van der Waals surface area contributed by atoms with Crippen molar-refractivity contribution in [1.82, 2.24) is 4.31 Å². The van der Waals surface area contributed by atoms with E-state index in [1.165, 1.54) is 19.2 Å².